The van der Waals surface area contributed by atoms with Crippen LogP contribution < -0.4 is 5.73 Å². The van der Waals surface area contributed by atoms with E-state index >= 15 is 0 Å². The van der Waals surface area contributed by atoms with E-state index in [4.69, 9.17) is 5.73 Å². The molecule has 2 N–H and O–H groups in total. The molecular formula is C20H17FN6O. The second-order valence-corrected chi connectivity index (χ2v) is 6.24. The van der Waals surface area contributed by atoms with E-state index in [1.54, 1.807) is 42.1 Å². The van der Waals surface area contributed by atoms with Crippen LogP contribution in [0.3, 0.4) is 0 Å². The molecule has 4 aromatic rings. The van der Waals surface area contributed by atoms with E-state index < -0.39 is 0 Å². The molecule has 0 amide bonds. The van der Waals surface area contributed by atoms with E-state index in [0.29, 0.717) is 34.3 Å². The van der Waals surface area contributed by atoms with Crippen LogP contribution in [0.5, 0.6) is 0 Å². The van der Waals surface area contributed by atoms with Gasteiger partial charge in [0.05, 0.1) is 17.5 Å². The van der Waals surface area contributed by atoms with Crippen molar-refractivity contribution in [3.05, 3.63) is 65.7 Å². The monoisotopic (exact) mass is 376 g/mol. The Balaban J connectivity index is 1.82. The molecule has 0 aliphatic carbocycles. The van der Waals surface area contributed by atoms with Crippen molar-refractivity contribution in [2.45, 2.75) is 19.9 Å². The van der Waals surface area contributed by atoms with Crippen LogP contribution in [0.15, 0.2) is 48.8 Å². The third-order valence-electron chi connectivity index (χ3n) is 4.44. The minimum atomic E-state index is -0.313. The molecule has 0 atom stereocenters. The van der Waals surface area contributed by atoms with Gasteiger partial charge in [-0.2, -0.15) is 5.10 Å². The van der Waals surface area contributed by atoms with Crippen molar-refractivity contribution in [2.24, 2.45) is 0 Å². The number of carbonyl (C=O) groups excluding carboxylic acids is 1. The molecule has 0 unspecified atom stereocenters. The number of ketones is 1. The summed E-state index contributed by atoms with van der Waals surface area (Å²) < 4.78 is 15.7. The maximum atomic E-state index is 14.1. The maximum absolute atomic E-state index is 14.1. The number of fused-ring (bicyclic) bond motifs is 1. The molecule has 8 heteroatoms. The predicted octanol–water partition coefficient (Wildman–Crippen LogP) is 3.25. The molecule has 0 spiro atoms. The lowest BCUT2D eigenvalue weighted by molar-refractivity contribution is 0.0988. The Morgan fingerprint density at radius 2 is 2.00 bits per heavy atom. The van der Waals surface area contributed by atoms with Crippen molar-refractivity contribution in [1.82, 2.24) is 24.7 Å². The molecular weight excluding hydrogens is 359 g/mol. The van der Waals surface area contributed by atoms with Gasteiger partial charge in [-0.3, -0.25) is 4.79 Å². The van der Waals surface area contributed by atoms with Crippen molar-refractivity contribution >= 4 is 22.6 Å². The van der Waals surface area contributed by atoms with Crippen molar-refractivity contribution in [2.75, 3.05) is 5.73 Å². The Bertz CT molecular complexity index is 1190. The largest absolute Gasteiger partial charge is 0.383 e. The summed E-state index contributed by atoms with van der Waals surface area (Å²) in [4.78, 5) is 24.8. The number of halogens is 1. The smallest absolute Gasteiger partial charge is 0.182 e. The fourth-order valence-electron chi connectivity index (χ4n) is 2.99. The molecule has 140 valence electrons. The molecule has 0 saturated heterocycles. The Labute approximate surface area is 160 Å². The van der Waals surface area contributed by atoms with Gasteiger partial charge in [-0.05, 0) is 18.2 Å². The number of nitrogens with zero attached hydrogens (tertiary/aromatic N) is 5. The zero-order valence-corrected chi connectivity index (χ0v) is 15.1. The van der Waals surface area contributed by atoms with Gasteiger partial charge in [-0.15, -0.1) is 0 Å². The molecule has 0 fully saturated rings. The van der Waals surface area contributed by atoms with Crippen LogP contribution in [0.4, 0.5) is 10.2 Å². The molecule has 3 heterocycles. The van der Waals surface area contributed by atoms with Crippen molar-refractivity contribution in [3.8, 4) is 11.5 Å². The van der Waals surface area contributed by atoms with Crippen molar-refractivity contribution < 1.29 is 9.18 Å². The van der Waals surface area contributed by atoms with Crippen molar-refractivity contribution in [1.29, 1.82) is 0 Å². The summed E-state index contributed by atoms with van der Waals surface area (Å²) in [6.45, 7) is 1.96. The summed E-state index contributed by atoms with van der Waals surface area (Å²) in [7, 11) is 0. The number of hydrogen-bond acceptors (Lipinski definition) is 6. The van der Waals surface area contributed by atoms with E-state index in [9.17, 15) is 9.18 Å². The highest BCUT2D eigenvalue weighted by atomic mass is 19.1. The van der Waals surface area contributed by atoms with Crippen LogP contribution in [0, 0.1) is 5.82 Å². The molecule has 0 saturated carbocycles. The van der Waals surface area contributed by atoms with E-state index in [1.165, 1.54) is 12.3 Å². The molecule has 28 heavy (non-hydrogen) atoms. The second kappa shape index (κ2) is 7.15. The summed E-state index contributed by atoms with van der Waals surface area (Å²) in [5, 5.41) is 5.27. The SMILES string of the molecule is CCC(=O)c1cnc(-c2nn(Cc3ccccc3F)c3ncccc23)nc1N. The minimum absolute atomic E-state index is 0.109. The first kappa shape index (κ1) is 17.7. The lowest BCUT2D eigenvalue weighted by Crippen LogP contribution is -2.07. The van der Waals surface area contributed by atoms with Crippen LogP contribution in [0.25, 0.3) is 22.6 Å². The average Bonchev–Trinajstić information content (AvgIpc) is 3.08. The van der Waals surface area contributed by atoms with Crippen LogP contribution in [0.1, 0.15) is 29.3 Å². The molecule has 0 aliphatic heterocycles. The quantitative estimate of drug-likeness (QED) is 0.537. The number of anilines is 1. The van der Waals surface area contributed by atoms with Crippen molar-refractivity contribution in [3.63, 3.8) is 0 Å². The van der Waals surface area contributed by atoms with Gasteiger partial charge in [0.1, 0.15) is 17.3 Å². The van der Waals surface area contributed by atoms with Gasteiger partial charge in [0, 0.05) is 24.4 Å². The number of Topliss-reactive ketones (excluding diaryl/α,β-unsaturated/α-hetero) is 1. The number of nitrogen functional groups attached to an aromatic ring is 1. The van der Waals surface area contributed by atoms with Gasteiger partial charge in [0.25, 0.3) is 0 Å². The normalized spacial score (nSPS) is 11.1. The average molecular weight is 376 g/mol. The van der Waals surface area contributed by atoms with Gasteiger partial charge in [-0.25, -0.2) is 24.0 Å². The Morgan fingerprint density at radius 1 is 1.18 bits per heavy atom. The first-order valence-electron chi connectivity index (χ1n) is 8.79. The predicted molar refractivity (Wildman–Crippen MR) is 103 cm³/mol. The van der Waals surface area contributed by atoms with E-state index in [0.717, 1.165) is 0 Å². The third-order valence-corrected chi connectivity index (χ3v) is 4.44. The Hall–Kier alpha value is -3.68. The highest BCUT2D eigenvalue weighted by Gasteiger charge is 2.18. The summed E-state index contributed by atoms with van der Waals surface area (Å²) in [5.41, 5.74) is 7.80. The molecule has 1 aromatic carbocycles. The number of rotatable bonds is 5. The zero-order valence-electron chi connectivity index (χ0n) is 15.1. The van der Waals surface area contributed by atoms with Gasteiger partial charge in [0.15, 0.2) is 17.3 Å². The first-order valence-corrected chi connectivity index (χ1v) is 8.79. The number of hydrogen-bond donors (Lipinski definition) is 1. The van der Waals surface area contributed by atoms with E-state index in [1.807, 2.05) is 6.07 Å². The maximum Gasteiger partial charge on any atom is 0.182 e. The molecule has 3 aromatic heterocycles. The van der Waals surface area contributed by atoms with E-state index in [2.05, 4.69) is 20.1 Å². The van der Waals surface area contributed by atoms with Crippen LogP contribution in [-0.4, -0.2) is 30.5 Å². The highest BCUT2D eigenvalue weighted by molar-refractivity contribution is 6.00. The van der Waals surface area contributed by atoms with E-state index in [-0.39, 0.29) is 29.8 Å². The van der Waals surface area contributed by atoms with Gasteiger partial charge in [0.2, 0.25) is 0 Å². The number of benzene rings is 1. The lowest BCUT2D eigenvalue weighted by atomic mass is 10.1. The fourth-order valence-corrected chi connectivity index (χ4v) is 2.99. The Kier molecular flexibility index (Phi) is 4.52. The van der Waals surface area contributed by atoms with Gasteiger partial charge >= 0.3 is 0 Å². The molecule has 0 aliphatic rings. The third kappa shape index (κ3) is 3.09. The first-order chi connectivity index (χ1) is 13.6. The second-order valence-electron chi connectivity index (χ2n) is 6.24. The van der Waals surface area contributed by atoms with Gasteiger partial charge in [-0.1, -0.05) is 25.1 Å². The summed E-state index contributed by atoms with van der Waals surface area (Å²) in [5.74, 6) is -0.0415. The lowest BCUT2D eigenvalue weighted by Gasteiger charge is -2.04. The minimum Gasteiger partial charge on any atom is -0.383 e. The molecule has 4 rings (SSSR count). The molecule has 7 nitrogen and oxygen atoms in total. The molecule has 0 radical (unpaired) electrons. The fraction of sp³-hybridized carbons (Fsp3) is 0.150. The number of pyridine rings is 1. The number of nitrogens with two attached hydrogens (primary N) is 1. The van der Waals surface area contributed by atoms with Crippen LogP contribution in [0.2, 0.25) is 0 Å². The summed E-state index contributed by atoms with van der Waals surface area (Å²) >= 11 is 0. The Morgan fingerprint density at radius 3 is 2.75 bits per heavy atom. The van der Waals surface area contributed by atoms with Crippen LogP contribution >= 0.6 is 0 Å². The summed E-state index contributed by atoms with van der Waals surface area (Å²) in [6.07, 6.45) is 3.38. The molecule has 0 bridgehead atoms. The highest BCUT2D eigenvalue weighted by Crippen LogP contribution is 2.26. The topological polar surface area (TPSA) is 99.6 Å². The standard InChI is InChI=1S/C20H17FN6O/c1-2-16(28)14-10-24-19(25-18(14)22)17-13-7-5-9-23-20(13)27(26-17)11-12-6-3-4-8-15(12)21/h3-10H,2,11H2,1H3,(H2,22,24,25). The summed E-state index contributed by atoms with van der Waals surface area (Å²) in [6, 6.07) is 10.1. The van der Waals surface area contributed by atoms with Crippen LogP contribution in [-0.2, 0) is 6.54 Å². The van der Waals surface area contributed by atoms with Gasteiger partial charge < -0.3 is 5.73 Å². The number of aromatic nitrogens is 5. The number of carbonyl (C=O) groups is 1. The zero-order chi connectivity index (χ0) is 19.7.